The summed E-state index contributed by atoms with van der Waals surface area (Å²) >= 11 is 71.4. The third-order valence-corrected chi connectivity index (χ3v) is 27.1. The minimum Gasteiger partial charge on any atom is -0.496 e. The Hall–Kier alpha value is -8.24. The summed E-state index contributed by atoms with van der Waals surface area (Å²) in [5.74, 6) is 0.852. The first-order chi connectivity index (χ1) is 65.5. The van der Waals surface area contributed by atoms with E-state index in [0.29, 0.717) is 100 Å². The number of nitrogens with one attached hydrogen (secondary N) is 6. The number of ether oxygens (including phenoxy) is 2. The smallest absolute Gasteiger partial charge is 0.411 e. The molecule has 140 heavy (non-hydrogen) atoms. The molecule has 6 N–H and O–H groups in total. The third-order valence-electron chi connectivity index (χ3n) is 22.1. The molecule has 4 aliphatic rings. The van der Waals surface area contributed by atoms with Crippen molar-refractivity contribution in [3.05, 3.63) is 291 Å². The highest BCUT2D eigenvalue weighted by atomic mass is 35.5. The van der Waals surface area contributed by atoms with Crippen molar-refractivity contribution >= 4 is 209 Å². The van der Waals surface area contributed by atoms with Crippen molar-refractivity contribution in [2.24, 2.45) is 0 Å². The molecule has 4 fully saturated rings. The van der Waals surface area contributed by atoms with Gasteiger partial charge in [-0.15, -0.1) is 0 Å². The van der Waals surface area contributed by atoms with Crippen LogP contribution in [0.4, 0.5) is 38.9 Å². The Morgan fingerprint density at radius 3 is 0.936 bits per heavy atom. The molecule has 33 heteroatoms. The van der Waals surface area contributed by atoms with Gasteiger partial charge in [0.25, 0.3) is 0 Å². The monoisotopic (exact) mass is 2150 g/mol. The molecule has 6 heterocycles. The SMILES string of the molecule is C.C.COc1cc(Cl)c(C)cc1C.Cc1c(Cl)cc(NC(=O)CN2CCCCC2)cc1Cl.Cc1c(Cl)cc(NC(=O)CN2CCCCC2)cc1Cl.Cc1ccc(C)c(Cl)c1.Cc1ccc(NC(=O)CN(C)C)cc1Cl.Cc1ccc(NC(=O)CN2CCCCC2)cc1Cl.Cc1ccc(NC(=O)CN2CCCCC2)cc1Cl.Cc1ccc(NC(=O)OCc2ccncc2)cc1Cl.Cc1ncc(Cl)c(C)c1Cl. The third kappa shape index (κ3) is 47.5. The van der Waals surface area contributed by atoms with Crippen molar-refractivity contribution in [2.75, 3.05) is 138 Å². The number of anilines is 6. The summed E-state index contributed by atoms with van der Waals surface area (Å²) in [5.41, 5.74) is 17.0. The molecular weight excluding hydrogens is 2020 g/mol. The molecule has 4 saturated heterocycles. The van der Waals surface area contributed by atoms with Crippen LogP contribution in [-0.2, 0) is 35.3 Å². The number of amides is 6. The predicted octanol–water partition coefficient (Wildman–Crippen LogP) is 29.7. The molecular formula is C107H137Cl12N13O8. The van der Waals surface area contributed by atoms with E-state index in [-0.39, 0.29) is 51.0 Å². The van der Waals surface area contributed by atoms with Gasteiger partial charge in [-0.1, -0.05) is 222 Å². The molecule has 0 spiro atoms. The van der Waals surface area contributed by atoms with Gasteiger partial charge in [-0.25, -0.2) is 4.79 Å². The van der Waals surface area contributed by atoms with Crippen molar-refractivity contribution in [2.45, 2.75) is 182 Å². The van der Waals surface area contributed by atoms with E-state index in [1.54, 1.807) is 92.4 Å². The summed E-state index contributed by atoms with van der Waals surface area (Å²) in [5, 5.41) is 24.7. The number of carbonyl (C=O) groups is 6. The zero-order valence-electron chi connectivity index (χ0n) is 81.3. The molecule has 8 aromatic carbocycles. The zero-order valence-corrected chi connectivity index (χ0v) is 90.4. The van der Waals surface area contributed by atoms with Gasteiger partial charge < -0.3 is 41.0 Å². The molecule has 0 bridgehead atoms. The number of aromatic nitrogens is 2. The Bertz CT molecular complexity index is 5360. The molecule has 14 rings (SSSR count). The number of likely N-dealkylation sites (N-methyl/N-ethyl adjacent to an activating group) is 1. The molecule has 10 aromatic rings. The van der Waals surface area contributed by atoms with Gasteiger partial charge in [-0.05, 0) is 365 Å². The number of benzene rings is 8. The summed E-state index contributed by atoms with van der Waals surface area (Å²) in [6.45, 7) is 33.7. The number of carbonyl (C=O) groups excluding carboxylic acids is 6. The fourth-order valence-electron chi connectivity index (χ4n) is 13.9. The van der Waals surface area contributed by atoms with Crippen molar-refractivity contribution in [3.63, 3.8) is 0 Å². The Balaban J connectivity index is 0.000000331. The molecule has 0 aliphatic carbocycles. The molecule has 0 saturated carbocycles. The summed E-state index contributed by atoms with van der Waals surface area (Å²) in [4.78, 5) is 89.1. The van der Waals surface area contributed by atoms with Gasteiger partial charge in [-0.3, -0.25) is 58.9 Å². The number of aryl methyl sites for hydroxylation is 9. The molecule has 762 valence electrons. The molecule has 2 aromatic heterocycles. The molecule has 4 aliphatic heterocycles. The number of hydrogen-bond donors (Lipinski definition) is 6. The quantitative estimate of drug-likeness (QED) is 0.0442. The lowest BCUT2D eigenvalue weighted by Gasteiger charge is -2.25. The second-order valence-corrected chi connectivity index (χ2v) is 39.2. The maximum Gasteiger partial charge on any atom is 0.411 e. The number of halogens is 12. The van der Waals surface area contributed by atoms with Crippen LogP contribution in [0.1, 0.15) is 164 Å². The standard InChI is InChI=1S/2C14H18Cl2N2O.C14H13ClN2O2.2C14H19ClN2O.C11H15ClN2O.C9H11ClO.C8H9Cl.C7H7Cl2N.2CH4/c2*1-10-12(15)7-11(8-13(10)16)17-14(19)9-18-5-3-2-4-6-18;1-10-2-3-12(8-13(10)15)17-14(18)19-9-11-4-6-16-7-5-11;2*1-11-5-6-12(9-13(11)15)16-14(18)10-17-7-3-2-4-8-17;1-8-4-5-9(6-10(8)12)13-11(15)7-14(2)3;1-6-4-7(2)9(11-3)5-8(6)10;1-6-3-4-7(2)8(9)5-6;1-4-6(8)3-10-5(2)7(4)9;;/h2*7-8H,2-6,9H2,1H3,(H,17,19);2-8H,9H2,1H3,(H,17,18);2*5-6,9H,2-4,7-8,10H2,1H3,(H,16,18);4-6H,7H2,1-3H3,(H,13,15);4-5H,1-3H3;3-5H,1-2H3;3H,1-2H3;2*1H4. The highest BCUT2D eigenvalue weighted by Crippen LogP contribution is 2.33. The Morgan fingerprint density at radius 2 is 0.629 bits per heavy atom. The number of piperidine rings is 4. The van der Waals surface area contributed by atoms with E-state index in [4.69, 9.17) is 149 Å². The first-order valence-electron chi connectivity index (χ1n) is 45.7. The second kappa shape index (κ2) is 65.9. The van der Waals surface area contributed by atoms with E-state index in [9.17, 15) is 28.8 Å². The largest absolute Gasteiger partial charge is 0.496 e. The summed E-state index contributed by atoms with van der Waals surface area (Å²) in [7, 11) is 5.34. The molecule has 21 nitrogen and oxygen atoms in total. The average Bonchev–Trinajstić information content (AvgIpc) is 0.847. The Kier molecular flexibility index (Phi) is 58.4. The normalized spacial score (nSPS) is 13.3. The number of hydrogen-bond acceptors (Lipinski definition) is 15. The van der Waals surface area contributed by atoms with E-state index in [1.165, 1.54) is 82.6 Å². The molecule has 0 unspecified atom stereocenters. The fourth-order valence-corrected chi connectivity index (χ4v) is 16.3. The lowest BCUT2D eigenvalue weighted by molar-refractivity contribution is -0.118. The van der Waals surface area contributed by atoms with Crippen LogP contribution in [0, 0.1) is 83.1 Å². The van der Waals surface area contributed by atoms with Gasteiger partial charge in [-0.2, -0.15) is 0 Å². The number of methoxy groups -OCH3 is 1. The Morgan fingerprint density at radius 1 is 0.329 bits per heavy atom. The van der Waals surface area contributed by atoms with Gasteiger partial charge in [0.05, 0.1) is 55.6 Å². The van der Waals surface area contributed by atoms with E-state index >= 15 is 0 Å². The lowest BCUT2D eigenvalue weighted by Crippen LogP contribution is -2.36. The van der Waals surface area contributed by atoms with Crippen LogP contribution in [0.15, 0.2) is 158 Å². The van der Waals surface area contributed by atoms with Gasteiger partial charge in [0.1, 0.15) is 12.4 Å². The minimum atomic E-state index is -0.517. The number of nitrogens with zero attached hydrogens (tertiary/aromatic N) is 7. The average molecular weight is 2160 g/mol. The summed E-state index contributed by atoms with van der Waals surface area (Å²) in [6, 6.07) is 42.4. The van der Waals surface area contributed by atoms with Crippen LogP contribution < -0.4 is 36.6 Å². The number of likely N-dealkylation sites (tertiary alicyclic amines) is 4. The van der Waals surface area contributed by atoms with Crippen molar-refractivity contribution in [3.8, 4) is 5.75 Å². The molecule has 0 radical (unpaired) electrons. The number of pyridine rings is 2. The predicted molar refractivity (Wildman–Crippen MR) is 594 cm³/mol. The highest BCUT2D eigenvalue weighted by Gasteiger charge is 2.21. The van der Waals surface area contributed by atoms with Crippen LogP contribution in [0.25, 0.3) is 0 Å². The van der Waals surface area contributed by atoms with Gasteiger partial charge >= 0.3 is 6.09 Å². The fraction of sp³-hybridized carbons (Fsp3) is 0.402. The van der Waals surface area contributed by atoms with Crippen LogP contribution in [-0.4, -0.2) is 176 Å². The molecule has 0 atom stereocenters. The zero-order chi connectivity index (χ0) is 102. The van der Waals surface area contributed by atoms with Gasteiger partial charge in [0.15, 0.2) is 0 Å². The molecule has 6 amide bonds. The minimum absolute atomic E-state index is 0. The van der Waals surface area contributed by atoms with Gasteiger partial charge in [0, 0.05) is 103 Å². The first-order valence-corrected chi connectivity index (χ1v) is 50.2. The van der Waals surface area contributed by atoms with E-state index < -0.39 is 6.09 Å². The van der Waals surface area contributed by atoms with E-state index in [2.05, 4.69) is 67.5 Å². The van der Waals surface area contributed by atoms with Gasteiger partial charge in [0.2, 0.25) is 29.5 Å². The van der Waals surface area contributed by atoms with Crippen LogP contribution in [0.3, 0.4) is 0 Å². The highest BCUT2D eigenvalue weighted by molar-refractivity contribution is 6.38. The van der Waals surface area contributed by atoms with E-state index in [1.807, 2.05) is 169 Å². The van der Waals surface area contributed by atoms with Crippen LogP contribution in [0.2, 0.25) is 60.3 Å². The van der Waals surface area contributed by atoms with Crippen molar-refractivity contribution in [1.29, 1.82) is 0 Å². The summed E-state index contributed by atoms with van der Waals surface area (Å²) in [6.07, 6.45) is 19.0. The number of rotatable bonds is 19. The topological polar surface area (TPSA) is 235 Å². The second-order valence-electron chi connectivity index (χ2n) is 34.3. The summed E-state index contributed by atoms with van der Waals surface area (Å²) < 4.78 is 10.2. The van der Waals surface area contributed by atoms with Crippen LogP contribution >= 0.6 is 139 Å². The maximum absolute atomic E-state index is 11.9. The van der Waals surface area contributed by atoms with Crippen molar-refractivity contribution in [1.82, 2.24) is 34.5 Å². The van der Waals surface area contributed by atoms with Crippen molar-refractivity contribution < 1.29 is 38.2 Å². The maximum atomic E-state index is 11.9. The Labute approximate surface area is 890 Å². The first kappa shape index (κ1) is 124. The van der Waals surface area contributed by atoms with E-state index in [0.717, 1.165) is 152 Å². The van der Waals surface area contributed by atoms with Crippen LogP contribution in [0.5, 0.6) is 5.75 Å². The lowest BCUT2D eigenvalue weighted by atomic mass is 10.1.